The number of aromatic nitrogens is 2. The quantitative estimate of drug-likeness (QED) is 0.383. The maximum absolute atomic E-state index is 13.1. The van der Waals surface area contributed by atoms with Gasteiger partial charge in [-0.3, -0.25) is 4.79 Å². The topological polar surface area (TPSA) is 52.1 Å². The lowest BCUT2D eigenvalue weighted by Crippen LogP contribution is -2.08. The van der Waals surface area contributed by atoms with E-state index >= 15 is 0 Å². The molecule has 1 aliphatic carbocycles. The second kappa shape index (κ2) is 7.61. The number of halogens is 1. The molecular weight excluding hydrogens is 399 g/mol. The van der Waals surface area contributed by atoms with E-state index in [1.807, 2.05) is 0 Å². The van der Waals surface area contributed by atoms with Gasteiger partial charge in [-0.1, -0.05) is 6.92 Å². The summed E-state index contributed by atoms with van der Waals surface area (Å²) in [7, 11) is 0. The maximum atomic E-state index is 13.1. The van der Waals surface area contributed by atoms with Gasteiger partial charge in [0.25, 0.3) is 0 Å². The van der Waals surface area contributed by atoms with Crippen molar-refractivity contribution >= 4 is 27.3 Å². The Morgan fingerprint density at radius 1 is 1.07 bits per heavy atom. The summed E-state index contributed by atoms with van der Waals surface area (Å²) in [5.41, 5.74) is 2.28. The Hall–Kier alpha value is -3.12. The van der Waals surface area contributed by atoms with Gasteiger partial charge < -0.3 is 4.74 Å². The minimum atomic E-state index is -0.364. The fraction of sp³-hybridized carbons (Fsp3) is 0.208. The molecule has 0 spiro atoms. The highest BCUT2D eigenvalue weighted by Crippen LogP contribution is 2.41. The molecule has 4 nitrogen and oxygen atoms in total. The van der Waals surface area contributed by atoms with Crippen LogP contribution in [0.4, 0.5) is 4.39 Å². The number of rotatable bonds is 4. The van der Waals surface area contributed by atoms with Crippen LogP contribution in [0.5, 0.6) is 11.6 Å². The molecule has 0 unspecified atom stereocenters. The van der Waals surface area contributed by atoms with Crippen LogP contribution in [0.1, 0.15) is 39.7 Å². The Balaban J connectivity index is 1.42. The Morgan fingerprint density at radius 2 is 1.77 bits per heavy atom. The maximum Gasteiger partial charge on any atom is 0.231 e. The number of aryl methyl sites for hydroxylation is 1. The molecule has 0 saturated carbocycles. The first-order chi connectivity index (χ1) is 14.6. The van der Waals surface area contributed by atoms with Crippen LogP contribution in [0.3, 0.4) is 0 Å². The fourth-order valence-electron chi connectivity index (χ4n) is 3.88. The molecule has 0 radical (unpaired) electrons. The van der Waals surface area contributed by atoms with Crippen LogP contribution in [-0.4, -0.2) is 15.8 Å². The largest absolute Gasteiger partial charge is 0.438 e. The van der Waals surface area contributed by atoms with E-state index < -0.39 is 0 Å². The van der Waals surface area contributed by atoms with Gasteiger partial charge in [-0.25, -0.2) is 14.4 Å². The fourth-order valence-corrected chi connectivity index (χ4v) is 5.22. The van der Waals surface area contributed by atoms with Crippen LogP contribution in [0.25, 0.3) is 10.2 Å². The van der Waals surface area contributed by atoms with Crippen LogP contribution >= 0.6 is 11.3 Å². The molecule has 1 atom stereocenters. The number of fused-ring (bicyclic) bond motifs is 3. The second-order valence-corrected chi connectivity index (χ2v) is 8.76. The zero-order chi connectivity index (χ0) is 20.7. The Kier molecular flexibility index (Phi) is 4.79. The first-order valence-corrected chi connectivity index (χ1v) is 10.7. The lowest BCUT2D eigenvalue weighted by molar-refractivity contribution is 0.103. The molecule has 2 aromatic carbocycles. The summed E-state index contributed by atoms with van der Waals surface area (Å²) in [6, 6.07) is 12.5. The van der Waals surface area contributed by atoms with Crippen LogP contribution in [-0.2, 0) is 12.8 Å². The number of hydrogen-bond acceptors (Lipinski definition) is 5. The molecule has 0 bridgehead atoms. The van der Waals surface area contributed by atoms with Crippen molar-refractivity contribution in [1.29, 1.82) is 0 Å². The van der Waals surface area contributed by atoms with Crippen molar-refractivity contribution in [2.24, 2.45) is 5.92 Å². The summed E-state index contributed by atoms with van der Waals surface area (Å²) < 4.78 is 19.2. The molecule has 2 aromatic heterocycles. The first kappa shape index (κ1) is 18.9. The van der Waals surface area contributed by atoms with E-state index in [9.17, 15) is 9.18 Å². The average molecular weight is 418 g/mol. The predicted molar refractivity (Wildman–Crippen MR) is 115 cm³/mol. The van der Waals surface area contributed by atoms with Crippen molar-refractivity contribution in [3.05, 3.63) is 82.2 Å². The molecule has 0 aliphatic heterocycles. The smallest absolute Gasteiger partial charge is 0.231 e. The second-order valence-electron chi connectivity index (χ2n) is 7.67. The van der Waals surface area contributed by atoms with E-state index in [2.05, 4.69) is 16.9 Å². The van der Waals surface area contributed by atoms with Gasteiger partial charge >= 0.3 is 0 Å². The van der Waals surface area contributed by atoms with E-state index in [1.165, 1.54) is 41.0 Å². The number of hydrogen-bond donors (Lipinski definition) is 0. The van der Waals surface area contributed by atoms with Crippen LogP contribution in [0.2, 0.25) is 0 Å². The number of thiophene rings is 1. The van der Waals surface area contributed by atoms with Gasteiger partial charge in [0.05, 0.1) is 5.39 Å². The Morgan fingerprint density at radius 3 is 2.50 bits per heavy atom. The van der Waals surface area contributed by atoms with E-state index in [-0.39, 0.29) is 11.6 Å². The van der Waals surface area contributed by atoms with Crippen molar-refractivity contribution < 1.29 is 13.9 Å². The third kappa shape index (κ3) is 3.48. The molecule has 4 aromatic rings. The molecule has 0 saturated heterocycles. The molecule has 1 aliphatic rings. The number of ether oxygens (including phenoxy) is 1. The summed E-state index contributed by atoms with van der Waals surface area (Å²) >= 11 is 1.73. The normalized spacial score (nSPS) is 15.7. The van der Waals surface area contributed by atoms with Gasteiger partial charge in [-0.2, -0.15) is 0 Å². The summed E-state index contributed by atoms with van der Waals surface area (Å²) in [5.74, 6) is 1.33. The monoisotopic (exact) mass is 418 g/mol. The van der Waals surface area contributed by atoms with Gasteiger partial charge in [0.15, 0.2) is 5.78 Å². The first-order valence-electron chi connectivity index (χ1n) is 9.92. The summed E-state index contributed by atoms with van der Waals surface area (Å²) in [6.07, 6.45) is 4.80. The zero-order valence-electron chi connectivity index (χ0n) is 16.4. The van der Waals surface area contributed by atoms with Gasteiger partial charge in [0.2, 0.25) is 5.88 Å². The molecule has 0 amide bonds. The molecule has 150 valence electrons. The molecule has 2 heterocycles. The summed E-state index contributed by atoms with van der Waals surface area (Å²) in [4.78, 5) is 23.7. The van der Waals surface area contributed by atoms with Crippen molar-refractivity contribution in [1.82, 2.24) is 9.97 Å². The molecule has 5 rings (SSSR count). The highest BCUT2D eigenvalue weighted by atomic mass is 32.1. The molecular formula is C24H19FN2O2S. The molecule has 0 N–H and O–H groups in total. The minimum absolute atomic E-state index is 0.160. The minimum Gasteiger partial charge on any atom is -0.438 e. The van der Waals surface area contributed by atoms with Gasteiger partial charge in [0, 0.05) is 16.0 Å². The van der Waals surface area contributed by atoms with Gasteiger partial charge in [-0.05, 0) is 79.3 Å². The van der Waals surface area contributed by atoms with E-state index in [1.54, 1.807) is 35.6 Å². The van der Waals surface area contributed by atoms with Crippen molar-refractivity contribution in [3.63, 3.8) is 0 Å². The predicted octanol–water partition coefficient (Wildman–Crippen LogP) is 5.98. The number of benzene rings is 2. The number of nitrogens with zero attached hydrogens (tertiary/aromatic N) is 2. The summed E-state index contributed by atoms with van der Waals surface area (Å²) in [6.45, 7) is 2.28. The standard InChI is InChI=1S/C24H19FN2O2S/c1-14-2-11-19-20(12-14)30-24-21(19)23(26-13-27-24)29-18-9-5-16(6-10-18)22(28)15-3-7-17(25)8-4-15/h3-10,13-14H,2,11-12H2,1H3/t14-/m0/s1. The van der Waals surface area contributed by atoms with Crippen LogP contribution in [0.15, 0.2) is 54.9 Å². The summed E-state index contributed by atoms with van der Waals surface area (Å²) in [5, 5.41) is 1.01. The number of carbonyl (C=O) groups is 1. The van der Waals surface area contributed by atoms with E-state index in [4.69, 9.17) is 4.74 Å². The van der Waals surface area contributed by atoms with Crippen molar-refractivity contribution in [3.8, 4) is 11.6 Å². The Bertz CT molecular complexity index is 1230. The third-order valence-corrected chi connectivity index (χ3v) is 6.66. The Labute approximate surface area is 177 Å². The zero-order valence-corrected chi connectivity index (χ0v) is 17.2. The number of ketones is 1. The van der Waals surface area contributed by atoms with Gasteiger partial charge in [0.1, 0.15) is 22.7 Å². The highest BCUT2D eigenvalue weighted by Gasteiger charge is 2.24. The van der Waals surface area contributed by atoms with Gasteiger partial charge in [-0.15, -0.1) is 11.3 Å². The van der Waals surface area contributed by atoms with Crippen LogP contribution < -0.4 is 4.74 Å². The highest BCUT2D eigenvalue weighted by molar-refractivity contribution is 7.18. The third-order valence-electron chi connectivity index (χ3n) is 5.49. The van der Waals surface area contributed by atoms with Crippen molar-refractivity contribution in [2.75, 3.05) is 0 Å². The lowest BCUT2D eigenvalue weighted by atomic mass is 9.89. The SMILES string of the molecule is C[C@H]1CCc2c(sc3ncnc(Oc4ccc(C(=O)c5ccc(F)cc5)cc4)c23)C1. The van der Waals surface area contributed by atoms with E-state index in [0.717, 1.165) is 29.5 Å². The molecule has 0 fully saturated rings. The van der Waals surface area contributed by atoms with Crippen molar-refractivity contribution in [2.45, 2.75) is 26.2 Å². The van der Waals surface area contributed by atoms with E-state index in [0.29, 0.717) is 28.7 Å². The van der Waals surface area contributed by atoms with Crippen LogP contribution in [0, 0.1) is 11.7 Å². The number of carbonyl (C=O) groups excluding carboxylic acids is 1. The average Bonchev–Trinajstić information content (AvgIpc) is 3.13. The molecule has 6 heteroatoms. The molecule has 30 heavy (non-hydrogen) atoms. The lowest BCUT2D eigenvalue weighted by Gasteiger charge is -2.18.